The number of carboxylic acids is 1. The molecule has 1 N–H and O–H groups in total. The highest BCUT2D eigenvalue weighted by Crippen LogP contribution is 2.75. The molecule has 5 aliphatic rings. The van der Waals surface area contributed by atoms with Gasteiger partial charge in [-0.1, -0.05) is 64.8 Å². The SMILES string of the molecule is CC1(C)[C@@H](OCc2c(F)cccc2Cl)CC[C@]2(C)[C@H]3C(=O)C=C4[C@@H]5C[C@@](C)(C(=O)O)CC[C@]5(C)CC[C@@]4(C)[C@]3(C)CC[C@@H]12. The fourth-order valence-corrected chi connectivity index (χ4v) is 11.7. The van der Waals surface area contributed by atoms with Crippen LogP contribution in [-0.4, -0.2) is 23.0 Å². The summed E-state index contributed by atoms with van der Waals surface area (Å²) in [5, 5.41) is 10.6. The van der Waals surface area contributed by atoms with Gasteiger partial charge in [0.2, 0.25) is 0 Å². The van der Waals surface area contributed by atoms with Crippen LogP contribution in [0, 0.1) is 56.1 Å². The number of carboxylic acid groups (broad SMARTS) is 1. The maximum atomic E-state index is 14.6. The molecular formula is C37H50ClFO4. The summed E-state index contributed by atoms with van der Waals surface area (Å²) in [5.74, 6) is -0.475. The van der Waals surface area contributed by atoms with E-state index < -0.39 is 11.4 Å². The molecule has 5 aliphatic carbocycles. The topological polar surface area (TPSA) is 63.6 Å². The molecule has 43 heavy (non-hydrogen) atoms. The Bertz CT molecular complexity index is 1370. The molecule has 1 aromatic carbocycles. The number of carbonyl (C=O) groups is 2. The van der Waals surface area contributed by atoms with Gasteiger partial charge in [0.15, 0.2) is 5.78 Å². The second-order valence-electron chi connectivity index (χ2n) is 16.9. The number of benzene rings is 1. The van der Waals surface area contributed by atoms with Crippen LogP contribution in [-0.2, 0) is 20.9 Å². The molecule has 236 valence electrons. The van der Waals surface area contributed by atoms with Gasteiger partial charge in [0.25, 0.3) is 0 Å². The number of ether oxygens (including phenoxy) is 1. The summed E-state index contributed by atoms with van der Waals surface area (Å²) in [6.07, 6.45) is 10.00. The zero-order valence-corrected chi connectivity index (χ0v) is 27.9. The lowest BCUT2D eigenvalue weighted by atomic mass is 9.33. The molecule has 0 aromatic heterocycles. The molecule has 4 nitrogen and oxygen atoms in total. The average molecular weight is 613 g/mol. The maximum Gasteiger partial charge on any atom is 0.309 e. The Morgan fingerprint density at radius 3 is 2.37 bits per heavy atom. The average Bonchev–Trinajstić information content (AvgIpc) is 2.91. The highest BCUT2D eigenvalue weighted by Gasteiger charge is 2.70. The molecule has 0 aliphatic heterocycles. The maximum absolute atomic E-state index is 14.6. The fraction of sp³-hybridized carbons (Fsp3) is 0.730. The molecule has 0 amide bonds. The Morgan fingerprint density at radius 2 is 1.70 bits per heavy atom. The predicted molar refractivity (Wildman–Crippen MR) is 167 cm³/mol. The molecule has 4 saturated carbocycles. The minimum Gasteiger partial charge on any atom is -0.481 e. The molecule has 6 heteroatoms. The molecule has 0 saturated heterocycles. The Kier molecular flexibility index (Phi) is 7.19. The largest absolute Gasteiger partial charge is 0.481 e. The Labute approximate surface area is 262 Å². The van der Waals surface area contributed by atoms with Crippen molar-refractivity contribution in [2.45, 2.75) is 119 Å². The van der Waals surface area contributed by atoms with Crippen molar-refractivity contribution in [2.75, 3.05) is 0 Å². The van der Waals surface area contributed by atoms with E-state index in [1.807, 2.05) is 13.0 Å². The molecule has 0 radical (unpaired) electrons. The van der Waals surface area contributed by atoms with Crippen molar-refractivity contribution >= 4 is 23.4 Å². The molecule has 1 aromatic rings. The van der Waals surface area contributed by atoms with E-state index >= 15 is 0 Å². The second kappa shape index (κ2) is 9.89. The van der Waals surface area contributed by atoms with Gasteiger partial charge in [-0.25, -0.2) is 4.39 Å². The van der Waals surface area contributed by atoms with E-state index in [0.717, 1.165) is 44.9 Å². The molecule has 6 rings (SSSR count). The van der Waals surface area contributed by atoms with Crippen molar-refractivity contribution in [1.82, 2.24) is 0 Å². The zero-order valence-electron chi connectivity index (χ0n) is 27.1. The third-order valence-electron chi connectivity index (χ3n) is 14.5. The third-order valence-corrected chi connectivity index (χ3v) is 14.9. The molecule has 4 fully saturated rings. The van der Waals surface area contributed by atoms with Gasteiger partial charge < -0.3 is 9.84 Å². The van der Waals surface area contributed by atoms with Crippen molar-refractivity contribution in [2.24, 2.45) is 50.2 Å². The second-order valence-corrected chi connectivity index (χ2v) is 17.3. The molecule has 9 atom stereocenters. The highest BCUT2D eigenvalue weighted by molar-refractivity contribution is 6.31. The summed E-state index contributed by atoms with van der Waals surface area (Å²) in [6, 6.07) is 4.74. The highest BCUT2D eigenvalue weighted by atomic mass is 35.5. The fourth-order valence-electron chi connectivity index (χ4n) is 11.5. The Balaban J connectivity index is 1.33. The lowest BCUT2D eigenvalue weighted by molar-refractivity contribution is -0.211. The summed E-state index contributed by atoms with van der Waals surface area (Å²) in [5.41, 5.74) is 0.237. The van der Waals surface area contributed by atoms with Crippen LogP contribution in [0.2, 0.25) is 5.02 Å². The summed E-state index contributed by atoms with van der Waals surface area (Å²) < 4.78 is 21.0. The van der Waals surface area contributed by atoms with Crippen LogP contribution < -0.4 is 0 Å². The number of hydrogen-bond acceptors (Lipinski definition) is 3. The van der Waals surface area contributed by atoms with Crippen LogP contribution in [0.4, 0.5) is 4.39 Å². The summed E-state index contributed by atoms with van der Waals surface area (Å²) in [6.45, 7) is 16.1. The standard InChI is InChI=1S/C37H50ClFO4/c1-32(2)28-11-14-37(7)30(35(28,5)13-12-29(32)43-21-22-25(38)9-8-10-26(22)39)27(40)19-23-24-20-34(4,31(41)42)16-15-33(24,3)17-18-36(23,37)6/h8-10,19,24,28-30H,11-18,20-21H2,1-7H3,(H,41,42)/t24-,28-,29-,30+,33+,34-,35-,36+,37+/m0/s1. The van der Waals surface area contributed by atoms with Crippen molar-refractivity contribution in [3.8, 4) is 0 Å². The van der Waals surface area contributed by atoms with Crippen LogP contribution in [0.5, 0.6) is 0 Å². The number of allylic oxidation sites excluding steroid dienone is 2. The van der Waals surface area contributed by atoms with Crippen molar-refractivity contribution < 1.29 is 23.8 Å². The molecular weight excluding hydrogens is 563 g/mol. The summed E-state index contributed by atoms with van der Waals surface area (Å²) in [7, 11) is 0. The van der Waals surface area contributed by atoms with Crippen molar-refractivity contribution in [3.63, 3.8) is 0 Å². The van der Waals surface area contributed by atoms with Gasteiger partial charge in [-0.05, 0) is 122 Å². The van der Waals surface area contributed by atoms with E-state index in [1.54, 1.807) is 12.1 Å². The first kappa shape index (κ1) is 31.3. The lowest BCUT2D eigenvalue weighted by Crippen LogP contribution is -2.66. The molecule has 0 unspecified atom stereocenters. The first-order chi connectivity index (χ1) is 19.9. The number of rotatable bonds is 4. The van der Waals surface area contributed by atoms with Crippen LogP contribution in [0.15, 0.2) is 29.8 Å². The normalized spacial score (nSPS) is 45.2. The first-order valence-corrected chi connectivity index (χ1v) is 16.8. The van der Waals surface area contributed by atoms with Crippen LogP contribution in [0.3, 0.4) is 0 Å². The number of ketones is 1. The Morgan fingerprint density at radius 1 is 1.00 bits per heavy atom. The van der Waals surface area contributed by atoms with Gasteiger partial charge in [0.1, 0.15) is 5.82 Å². The number of fused-ring (bicyclic) bond motifs is 7. The minimum absolute atomic E-state index is 0.0450. The number of hydrogen-bond donors (Lipinski definition) is 1. The molecule has 0 spiro atoms. The smallest absolute Gasteiger partial charge is 0.309 e. The quantitative estimate of drug-likeness (QED) is 0.368. The van der Waals surface area contributed by atoms with E-state index in [-0.39, 0.29) is 69.1 Å². The van der Waals surface area contributed by atoms with Gasteiger partial charge in [0, 0.05) is 16.5 Å². The Hall–Kier alpha value is -1.72. The summed E-state index contributed by atoms with van der Waals surface area (Å²) in [4.78, 5) is 26.9. The number of halogens is 2. The number of aliphatic carboxylic acids is 1. The van der Waals surface area contributed by atoms with E-state index in [0.29, 0.717) is 23.4 Å². The van der Waals surface area contributed by atoms with Crippen molar-refractivity contribution in [1.29, 1.82) is 0 Å². The van der Waals surface area contributed by atoms with Gasteiger partial charge in [0.05, 0.1) is 18.1 Å². The van der Waals surface area contributed by atoms with E-state index in [1.165, 1.54) is 11.6 Å². The molecule has 0 bridgehead atoms. The van der Waals surface area contributed by atoms with Crippen molar-refractivity contribution in [3.05, 3.63) is 46.3 Å². The van der Waals surface area contributed by atoms with Gasteiger partial charge in [-0.3, -0.25) is 9.59 Å². The first-order valence-electron chi connectivity index (χ1n) is 16.5. The van der Waals surface area contributed by atoms with E-state index in [2.05, 4.69) is 41.5 Å². The van der Waals surface area contributed by atoms with Gasteiger partial charge in [-0.15, -0.1) is 0 Å². The van der Waals surface area contributed by atoms with Gasteiger partial charge >= 0.3 is 5.97 Å². The van der Waals surface area contributed by atoms with E-state index in [4.69, 9.17) is 16.3 Å². The van der Waals surface area contributed by atoms with Crippen LogP contribution >= 0.6 is 11.6 Å². The predicted octanol–water partition coefficient (Wildman–Crippen LogP) is 9.43. The monoisotopic (exact) mass is 612 g/mol. The van der Waals surface area contributed by atoms with Crippen LogP contribution in [0.25, 0.3) is 0 Å². The van der Waals surface area contributed by atoms with Crippen LogP contribution in [0.1, 0.15) is 112 Å². The zero-order chi connectivity index (χ0) is 31.4. The lowest BCUT2D eigenvalue weighted by Gasteiger charge is -2.70. The van der Waals surface area contributed by atoms with Gasteiger partial charge in [-0.2, -0.15) is 0 Å². The number of carbonyl (C=O) groups excluding carboxylic acids is 1. The molecule has 0 heterocycles. The van der Waals surface area contributed by atoms with E-state index in [9.17, 15) is 19.1 Å². The minimum atomic E-state index is -0.747. The summed E-state index contributed by atoms with van der Waals surface area (Å²) >= 11 is 6.32. The third kappa shape index (κ3) is 4.29.